The maximum Gasteiger partial charge on any atom is 0.227 e. The van der Waals surface area contributed by atoms with Gasteiger partial charge in [0.15, 0.2) is 0 Å². The zero-order valence-corrected chi connectivity index (χ0v) is 10.6. The molecular weight excluding hydrogens is 240 g/mol. The molecule has 0 radical (unpaired) electrons. The van der Waals surface area contributed by atoms with Gasteiger partial charge in [0.05, 0.1) is 18.1 Å². The second kappa shape index (κ2) is 5.83. The Kier molecular flexibility index (Phi) is 3.94. The molecule has 0 aliphatic carbocycles. The molecule has 1 aromatic carbocycles. The lowest BCUT2D eigenvalue weighted by Crippen LogP contribution is -2.01. The largest absolute Gasteiger partial charge is 0.439 e. The molecule has 0 atom stereocenters. The van der Waals surface area contributed by atoms with Crippen LogP contribution in [0.4, 0.5) is 5.82 Å². The van der Waals surface area contributed by atoms with Gasteiger partial charge in [0, 0.05) is 0 Å². The van der Waals surface area contributed by atoms with Crippen molar-refractivity contribution in [1.29, 1.82) is 5.26 Å². The summed E-state index contributed by atoms with van der Waals surface area (Å²) in [5, 5.41) is 8.61. The van der Waals surface area contributed by atoms with E-state index < -0.39 is 0 Å². The van der Waals surface area contributed by atoms with Crippen LogP contribution in [0.1, 0.15) is 18.1 Å². The van der Waals surface area contributed by atoms with Crippen LogP contribution in [0.15, 0.2) is 30.6 Å². The zero-order valence-electron chi connectivity index (χ0n) is 10.6. The van der Waals surface area contributed by atoms with Crippen LogP contribution in [-0.2, 0) is 12.8 Å². The van der Waals surface area contributed by atoms with Gasteiger partial charge >= 0.3 is 0 Å². The van der Waals surface area contributed by atoms with Gasteiger partial charge in [0.2, 0.25) is 5.88 Å². The maximum absolute atomic E-state index is 8.61. The van der Waals surface area contributed by atoms with E-state index in [1.807, 2.05) is 31.2 Å². The van der Waals surface area contributed by atoms with Crippen LogP contribution in [-0.4, -0.2) is 9.97 Å². The van der Waals surface area contributed by atoms with E-state index >= 15 is 0 Å². The van der Waals surface area contributed by atoms with Gasteiger partial charge in [-0.25, -0.2) is 9.97 Å². The average Bonchev–Trinajstić information content (AvgIpc) is 2.42. The quantitative estimate of drug-likeness (QED) is 0.905. The molecule has 5 nitrogen and oxygen atoms in total. The third-order valence-electron chi connectivity index (χ3n) is 2.71. The van der Waals surface area contributed by atoms with E-state index in [1.54, 1.807) is 0 Å². The summed E-state index contributed by atoms with van der Waals surface area (Å²) in [5.41, 5.74) is 7.53. The molecule has 0 fully saturated rings. The van der Waals surface area contributed by atoms with Crippen LogP contribution in [0, 0.1) is 11.3 Å². The molecule has 0 aliphatic heterocycles. The van der Waals surface area contributed by atoms with Crippen LogP contribution in [0.25, 0.3) is 0 Å². The van der Waals surface area contributed by atoms with Crippen LogP contribution in [0.3, 0.4) is 0 Å². The maximum atomic E-state index is 8.61. The van der Waals surface area contributed by atoms with Crippen molar-refractivity contribution in [2.24, 2.45) is 0 Å². The minimum Gasteiger partial charge on any atom is -0.439 e. The third kappa shape index (κ3) is 2.99. The summed E-state index contributed by atoms with van der Waals surface area (Å²) in [6.45, 7) is 1.97. The van der Waals surface area contributed by atoms with Gasteiger partial charge in [0.25, 0.3) is 0 Å². The number of benzene rings is 1. The molecule has 2 N–H and O–H groups in total. The fourth-order valence-electron chi connectivity index (χ4n) is 1.71. The Morgan fingerprint density at radius 2 is 2.00 bits per heavy atom. The summed E-state index contributed by atoms with van der Waals surface area (Å²) in [5.74, 6) is 1.58. The lowest BCUT2D eigenvalue weighted by atomic mass is 10.2. The molecule has 1 heterocycles. The first kappa shape index (κ1) is 12.8. The van der Waals surface area contributed by atoms with E-state index in [1.165, 1.54) is 6.33 Å². The lowest BCUT2D eigenvalue weighted by Gasteiger charge is -2.10. The van der Waals surface area contributed by atoms with Gasteiger partial charge in [0.1, 0.15) is 17.9 Å². The summed E-state index contributed by atoms with van der Waals surface area (Å²) in [4.78, 5) is 8.04. The highest BCUT2D eigenvalue weighted by Gasteiger charge is 2.09. The average molecular weight is 254 g/mol. The minimum absolute atomic E-state index is 0.390. The molecule has 5 heteroatoms. The minimum atomic E-state index is 0.390. The highest BCUT2D eigenvalue weighted by molar-refractivity contribution is 5.46. The molecule has 2 aromatic rings. The number of nitrogens with zero attached hydrogens (tertiary/aromatic N) is 3. The molecule has 19 heavy (non-hydrogen) atoms. The Bertz CT molecular complexity index is 602. The summed E-state index contributed by atoms with van der Waals surface area (Å²) >= 11 is 0. The number of anilines is 1. The van der Waals surface area contributed by atoms with E-state index in [0.717, 1.165) is 11.1 Å². The molecule has 96 valence electrons. The molecule has 0 aliphatic rings. The molecular formula is C14H14N4O. The first-order valence-electron chi connectivity index (χ1n) is 5.97. The summed E-state index contributed by atoms with van der Waals surface area (Å²) in [6.07, 6.45) is 2.48. The monoisotopic (exact) mass is 254 g/mol. The second-order valence-electron chi connectivity index (χ2n) is 3.98. The number of aromatic nitrogens is 2. The normalized spacial score (nSPS) is 9.89. The van der Waals surface area contributed by atoms with Gasteiger partial charge in [-0.3, -0.25) is 0 Å². The van der Waals surface area contributed by atoms with E-state index in [0.29, 0.717) is 30.3 Å². The molecule has 0 saturated carbocycles. The van der Waals surface area contributed by atoms with E-state index in [-0.39, 0.29) is 0 Å². The van der Waals surface area contributed by atoms with Crippen molar-refractivity contribution in [3.8, 4) is 17.7 Å². The van der Waals surface area contributed by atoms with Crippen molar-refractivity contribution in [1.82, 2.24) is 9.97 Å². The number of hydrogen-bond acceptors (Lipinski definition) is 5. The van der Waals surface area contributed by atoms with E-state index in [9.17, 15) is 0 Å². The Hall–Kier alpha value is -2.61. The topological polar surface area (TPSA) is 84.8 Å². The van der Waals surface area contributed by atoms with Crippen molar-refractivity contribution < 1.29 is 4.74 Å². The van der Waals surface area contributed by atoms with E-state index in [2.05, 4.69) is 16.0 Å². The molecule has 0 bridgehead atoms. The summed E-state index contributed by atoms with van der Waals surface area (Å²) in [6, 6.07) is 9.43. The van der Waals surface area contributed by atoms with Gasteiger partial charge in [-0.05, 0) is 24.1 Å². The fraction of sp³-hybridized carbons (Fsp3) is 0.214. The van der Waals surface area contributed by atoms with Crippen molar-refractivity contribution in [3.05, 3.63) is 41.7 Å². The van der Waals surface area contributed by atoms with Crippen LogP contribution in [0.5, 0.6) is 11.6 Å². The zero-order chi connectivity index (χ0) is 13.7. The number of nitrogen functional groups attached to an aromatic ring is 1. The standard InChI is InChI=1S/C14H14N4O/c1-2-12-13(16)17-9-18-14(12)19-11-5-3-10(4-6-11)7-8-15/h3-6,9H,2,7H2,1H3,(H2,16,17,18). The van der Waals surface area contributed by atoms with Gasteiger partial charge in [-0.1, -0.05) is 19.1 Å². The predicted molar refractivity (Wildman–Crippen MR) is 71.7 cm³/mol. The van der Waals surface area contributed by atoms with Gasteiger partial charge in [-0.2, -0.15) is 5.26 Å². The number of ether oxygens (including phenoxy) is 1. The van der Waals surface area contributed by atoms with Crippen molar-refractivity contribution in [2.75, 3.05) is 5.73 Å². The first-order valence-corrected chi connectivity index (χ1v) is 5.97. The number of hydrogen-bond donors (Lipinski definition) is 1. The Morgan fingerprint density at radius 3 is 2.63 bits per heavy atom. The predicted octanol–water partition coefficient (Wildman–Crippen LogP) is 2.48. The molecule has 0 spiro atoms. The lowest BCUT2D eigenvalue weighted by molar-refractivity contribution is 0.455. The Balaban J connectivity index is 2.22. The molecule has 2 rings (SSSR count). The van der Waals surface area contributed by atoms with Crippen molar-refractivity contribution >= 4 is 5.82 Å². The highest BCUT2D eigenvalue weighted by atomic mass is 16.5. The summed E-state index contributed by atoms with van der Waals surface area (Å²) in [7, 11) is 0. The van der Waals surface area contributed by atoms with Crippen molar-refractivity contribution in [3.63, 3.8) is 0 Å². The van der Waals surface area contributed by atoms with Gasteiger partial charge in [-0.15, -0.1) is 0 Å². The first-order chi connectivity index (χ1) is 9.24. The molecule has 0 unspecified atom stereocenters. The van der Waals surface area contributed by atoms with Crippen molar-refractivity contribution in [2.45, 2.75) is 19.8 Å². The SMILES string of the molecule is CCc1c(N)ncnc1Oc1ccc(CC#N)cc1. The Labute approximate surface area is 111 Å². The van der Waals surface area contributed by atoms with Crippen LogP contribution >= 0.6 is 0 Å². The van der Waals surface area contributed by atoms with E-state index in [4.69, 9.17) is 15.7 Å². The van der Waals surface area contributed by atoms with Gasteiger partial charge < -0.3 is 10.5 Å². The molecule has 0 amide bonds. The molecule has 0 saturated heterocycles. The third-order valence-corrected chi connectivity index (χ3v) is 2.71. The number of nitriles is 1. The van der Waals surface area contributed by atoms with Crippen LogP contribution in [0.2, 0.25) is 0 Å². The smallest absolute Gasteiger partial charge is 0.227 e. The summed E-state index contributed by atoms with van der Waals surface area (Å²) < 4.78 is 5.70. The number of rotatable bonds is 4. The van der Waals surface area contributed by atoms with Crippen LogP contribution < -0.4 is 10.5 Å². The number of nitrogens with two attached hydrogens (primary N) is 1. The second-order valence-corrected chi connectivity index (χ2v) is 3.98. The highest BCUT2D eigenvalue weighted by Crippen LogP contribution is 2.26. The fourth-order valence-corrected chi connectivity index (χ4v) is 1.71. The molecule has 1 aromatic heterocycles. The Morgan fingerprint density at radius 1 is 1.26 bits per heavy atom.